The van der Waals surface area contributed by atoms with Crippen molar-refractivity contribution in [1.29, 1.82) is 0 Å². The van der Waals surface area contributed by atoms with E-state index in [1.165, 1.54) is 0 Å². The summed E-state index contributed by atoms with van der Waals surface area (Å²) in [4.78, 5) is 16.1. The first-order chi connectivity index (χ1) is 10.3. The Labute approximate surface area is 123 Å². The van der Waals surface area contributed by atoms with Crippen molar-refractivity contribution < 1.29 is 13.9 Å². The number of aromatic nitrogens is 1. The zero-order valence-corrected chi connectivity index (χ0v) is 12.2. The van der Waals surface area contributed by atoms with Crippen LogP contribution in [0.1, 0.15) is 32.6 Å². The van der Waals surface area contributed by atoms with Gasteiger partial charge in [0.25, 0.3) is 6.01 Å². The summed E-state index contributed by atoms with van der Waals surface area (Å²) in [7, 11) is 0. The van der Waals surface area contributed by atoms with Crippen LogP contribution in [-0.2, 0) is 9.53 Å². The van der Waals surface area contributed by atoms with Crippen LogP contribution in [0.2, 0.25) is 0 Å². The van der Waals surface area contributed by atoms with Crippen molar-refractivity contribution in [2.75, 3.05) is 11.9 Å². The van der Waals surface area contributed by atoms with E-state index in [0.29, 0.717) is 18.7 Å². The molecule has 0 atom stereocenters. The van der Waals surface area contributed by atoms with Gasteiger partial charge in [0.05, 0.1) is 12.5 Å². The number of anilines is 1. The minimum absolute atomic E-state index is 0.0478. The number of fused-ring (bicyclic) bond motifs is 1. The molecule has 1 aromatic heterocycles. The van der Waals surface area contributed by atoms with E-state index in [1.807, 2.05) is 31.2 Å². The summed E-state index contributed by atoms with van der Waals surface area (Å²) in [5.74, 6) is -0.00977. The fraction of sp³-hybridized carbons (Fsp3) is 0.500. The topological polar surface area (TPSA) is 64.4 Å². The minimum atomic E-state index is -0.0576. The van der Waals surface area contributed by atoms with Gasteiger partial charge in [-0.05, 0) is 44.7 Å². The molecule has 2 aromatic rings. The molecular formula is C16H20N2O3. The summed E-state index contributed by atoms with van der Waals surface area (Å²) in [5, 5.41) is 3.33. The molecule has 1 saturated carbocycles. The van der Waals surface area contributed by atoms with Gasteiger partial charge in [0, 0.05) is 6.04 Å². The Balaban J connectivity index is 1.56. The van der Waals surface area contributed by atoms with Crippen molar-refractivity contribution >= 4 is 23.1 Å². The van der Waals surface area contributed by atoms with E-state index in [-0.39, 0.29) is 11.9 Å². The molecule has 21 heavy (non-hydrogen) atoms. The van der Waals surface area contributed by atoms with Crippen LogP contribution in [0.25, 0.3) is 11.1 Å². The average molecular weight is 288 g/mol. The summed E-state index contributed by atoms with van der Waals surface area (Å²) in [6.07, 6.45) is 3.58. The Morgan fingerprint density at radius 1 is 1.33 bits per heavy atom. The first kappa shape index (κ1) is 13.9. The quantitative estimate of drug-likeness (QED) is 0.874. The molecule has 1 N–H and O–H groups in total. The number of para-hydroxylation sites is 2. The van der Waals surface area contributed by atoms with Crippen LogP contribution < -0.4 is 5.32 Å². The van der Waals surface area contributed by atoms with Gasteiger partial charge in [0.2, 0.25) is 0 Å². The highest BCUT2D eigenvalue weighted by atomic mass is 16.5. The SMILES string of the molecule is CCOC(=O)C1CCC(Nc2nc3ccccc3o2)CC1. The Morgan fingerprint density at radius 3 is 2.81 bits per heavy atom. The van der Waals surface area contributed by atoms with Crippen LogP contribution in [0.3, 0.4) is 0 Å². The van der Waals surface area contributed by atoms with E-state index >= 15 is 0 Å². The summed E-state index contributed by atoms with van der Waals surface area (Å²) in [6, 6.07) is 8.59. The molecule has 1 fully saturated rings. The molecule has 1 aliphatic rings. The lowest BCUT2D eigenvalue weighted by Gasteiger charge is -2.27. The van der Waals surface area contributed by atoms with Gasteiger partial charge < -0.3 is 14.5 Å². The first-order valence-electron chi connectivity index (χ1n) is 7.55. The molecule has 0 amide bonds. The van der Waals surface area contributed by atoms with Crippen LogP contribution >= 0.6 is 0 Å². The number of hydrogen-bond acceptors (Lipinski definition) is 5. The molecule has 5 nitrogen and oxygen atoms in total. The maximum Gasteiger partial charge on any atom is 0.308 e. The zero-order chi connectivity index (χ0) is 14.7. The summed E-state index contributed by atoms with van der Waals surface area (Å²) in [6.45, 7) is 2.30. The molecular weight excluding hydrogens is 268 g/mol. The third kappa shape index (κ3) is 3.17. The summed E-state index contributed by atoms with van der Waals surface area (Å²) in [5.41, 5.74) is 1.65. The van der Waals surface area contributed by atoms with Crippen molar-refractivity contribution in [2.45, 2.75) is 38.6 Å². The van der Waals surface area contributed by atoms with Crippen LogP contribution in [0, 0.1) is 5.92 Å². The highest BCUT2D eigenvalue weighted by Crippen LogP contribution is 2.28. The van der Waals surface area contributed by atoms with Crippen molar-refractivity contribution in [3.63, 3.8) is 0 Å². The Morgan fingerprint density at radius 2 is 2.10 bits per heavy atom. The van der Waals surface area contributed by atoms with Gasteiger partial charge in [-0.2, -0.15) is 4.98 Å². The number of nitrogens with one attached hydrogen (secondary N) is 1. The molecule has 0 radical (unpaired) electrons. The largest absolute Gasteiger partial charge is 0.466 e. The smallest absolute Gasteiger partial charge is 0.308 e. The summed E-state index contributed by atoms with van der Waals surface area (Å²) < 4.78 is 10.8. The monoisotopic (exact) mass is 288 g/mol. The lowest BCUT2D eigenvalue weighted by atomic mass is 9.86. The molecule has 0 aliphatic heterocycles. The predicted molar refractivity (Wildman–Crippen MR) is 80.0 cm³/mol. The molecule has 5 heteroatoms. The molecule has 1 aliphatic carbocycles. The van der Waals surface area contributed by atoms with E-state index < -0.39 is 0 Å². The lowest BCUT2D eigenvalue weighted by Crippen LogP contribution is -2.30. The highest BCUT2D eigenvalue weighted by Gasteiger charge is 2.27. The number of ether oxygens (including phenoxy) is 1. The summed E-state index contributed by atoms with van der Waals surface area (Å²) >= 11 is 0. The zero-order valence-electron chi connectivity index (χ0n) is 12.2. The highest BCUT2D eigenvalue weighted by molar-refractivity contribution is 5.74. The van der Waals surface area contributed by atoms with Crippen molar-refractivity contribution in [3.8, 4) is 0 Å². The van der Waals surface area contributed by atoms with E-state index in [4.69, 9.17) is 9.15 Å². The fourth-order valence-electron chi connectivity index (χ4n) is 2.84. The van der Waals surface area contributed by atoms with Crippen LogP contribution in [-0.4, -0.2) is 23.6 Å². The molecule has 1 aromatic carbocycles. The van der Waals surface area contributed by atoms with Gasteiger partial charge in [-0.3, -0.25) is 4.79 Å². The van der Waals surface area contributed by atoms with E-state index in [1.54, 1.807) is 0 Å². The van der Waals surface area contributed by atoms with Crippen molar-refractivity contribution in [1.82, 2.24) is 4.98 Å². The number of carbonyl (C=O) groups excluding carboxylic acids is 1. The number of oxazole rings is 1. The van der Waals surface area contributed by atoms with Gasteiger partial charge in [-0.25, -0.2) is 0 Å². The van der Waals surface area contributed by atoms with Crippen LogP contribution in [0.15, 0.2) is 28.7 Å². The fourth-order valence-corrected chi connectivity index (χ4v) is 2.84. The minimum Gasteiger partial charge on any atom is -0.466 e. The second-order valence-electron chi connectivity index (χ2n) is 5.43. The van der Waals surface area contributed by atoms with E-state index in [2.05, 4.69) is 10.3 Å². The maximum atomic E-state index is 11.7. The van der Waals surface area contributed by atoms with Gasteiger partial charge in [-0.15, -0.1) is 0 Å². The number of carbonyl (C=O) groups is 1. The number of esters is 1. The Bertz CT molecular complexity index is 582. The van der Waals surface area contributed by atoms with Gasteiger partial charge in [0.1, 0.15) is 5.52 Å². The second kappa shape index (κ2) is 6.16. The van der Waals surface area contributed by atoms with Crippen LogP contribution in [0.4, 0.5) is 6.01 Å². The number of hydrogen-bond donors (Lipinski definition) is 1. The van der Waals surface area contributed by atoms with Crippen molar-refractivity contribution in [3.05, 3.63) is 24.3 Å². The molecule has 0 unspecified atom stereocenters. The average Bonchev–Trinajstić information content (AvgIpc) is 2.90. The predicted octanol–water partition coefficient (Wildman–Crippen LogP) is 3.36. The van der Waals surface area contributed by atoms with E-state index in [0.717, 1.165) is 36.8 Å². The van der Waals surface area contributed by atoms with Crippen molar-refractivity contribution in [2.24, 2.45) is 5.92 Å². The lowest BCUT2D eigenvalue weighted by molar-refractivity contribution is -0.149. The Kier molecular flexibility index (Phi) is 4.08. The second-order valence-corrected chi connectivity index (χ2v) is 5.43. The van der Waals surface area contributed by atoms with Gasteiger partial charge in [0.15, 0.2) is 5.58 Å². The Hall–Kier alpha value is -2.04. The molecule has 3 rings (SSSR count). The number of nitrogens with zero attached hydrogens (tertiary/aromatic N) is 1. The normalized spacial score (nSPS) is 22.1. The standard InChI is InChI=1S/C16H20N2O3/c1-2-20-15(19)11-7-9-12(10-8-11)17-16-18-13-5-3-4-6-14(13)21-16/h3-6,11-12H,2,7-10H2,1H3,(H,17,18). The van der Waals surface area contributed by atoms with Gasteiger partial charge in [-0.1, -0.05) is 12.1 Å². The molecule has 0 bridgehead atoms. The molecule has 0 saturated heterocycles. The molecule has 1 heterocycles. The number of benzene rings is 1. The maximum absolute atomic E-state index is 11.7. The van der Waals surface area contributed by atoms with Crippen LogP contribution in [0.5, 0.6) is 0 Å². The first-order valence-corrected chi connectivity index (χ1v) is 7.55. The molecule has 112 valence electrons. The third-order valence-electron chi connectivity index (χ3n) is 3.97. The van der Waals surface area contributed by atoms with Gasteiger partial charge >= 0.3 is 5.97 Å². The van der Waals surface area contributed by atoms with E-state index in [9.17, 15) is 4.79 Å². The third-order valence-corrected chi connectivity index (χ3v) is 3.97. The molecule has 0 spiro atoms. The number of rotatable bonds is 4.